The summed E-state index contributed by atoms with van der Waals surface area (Å²) in [6, 6.07) is 4.76. The van der Waals surface area contributed by atoms with E-state index in [9.17, 15) is 4.39 Å². The Kier molecular flexibility index (Phi) is 4.99. The summed E-state index contributed by atoms with van der Waals surface area (Å²) in [5, 5.41) is 3.12. The van der Waals surface area contributed by atoms with Crippen molar-refractivity contribution in [1.29, 1.82) is 0 Å². The van der Waals surface area contributed by atoms with Crippen molar-refractivity contribution in [2.24, 2.45) is 0 Å². The quantitative estimate of drug-likeness (QED) is 0.625. The highest BCUT2D eigenvalue weighted by atomic mass is 19.1. The molecular formula is C14H23FN4. The van der Waals surface area contributed by atoms with Crippen molar-refractivity contribution in [3.8, 4) is 0 Å². The zero-order valence-electron chi connectivity index (χ0n) is 11.5. The van der Waals surface area contributed by atoms with Gasteiger partial charge in [-0.05, 0) is 38.2 Å². The summed E-state index contributed by atoms with van der Waals surface area (Å²) in [7, 11) is 2.16. The molecule has 1 aliphatic heterocycles. The number of nitrogens with zero attached hydrogens (tertiary/aromatic N) is 2. The van der Waals surface area contributed by atoms with Crippen molar-refractivity contribution in [3.63, 3.8) is 0 Å². The van der Waals surface area contributed by atoms with Crippen molar-refractivity contribution in [3.05, 3.63) is 24.0 Å². The van der Waals surface area contributed by atoms with E-state index in [1.807, 2.05) is 0 Å². The first-order valence-electron chi connectivity index (χ1n) is 6.85. The molecule has 5 heteroatoms. The Morgan fingerprint density at radius 1 is 1.26 bits per heavy atom. The van der Waals surface area contributed by atoms with E-state index in [4.69, 9.17) is 5.73 Å². The van der Waals surface area contributed by atoms with Gasteiger partial charge >= 0.3 is 0 Å². The summed E-state index contributed by atoms with van der Waals surface area (Å²) in [5.74, 6) is -0.278. The van der Waals surface area contributed by atoms with Crippen LogP contribution in [0.15, 0.2) is 18.2 Å². The Labute approximate surface area is 114 Å². The Morgan fingerprint density at radius 2 is 2.00 bits per heavy atom. The van der Waals surface area contributed by atoms with Crippen molar-refractivity contribution in [2.45, 2.75) is 6.42 Å². The van der Waals surface area contributed by atoms with Crippen LogP contribution in [0.2, 0.25) is 0 Å². The minimum atomic E-state index is -0.278. The van der Waals surface area contributed by atoms with Crippen LogP contribution in [0, 0.1) is 5.82 Å². The third-order valence-corrected chi connectivity index (χ3v) is 3.56. The van der Waals surface area contributed by atoms with Crippen LogP contribution in [-0.2, 0) is 0 Å². The van der Waals surface area contributed by atoms with Crippen LogP contribution in [0.25, 0.3) is 0 Å². The van der Waals surface area contributed by atoms with Crippen molar-refractivity contribution in [2.75, 3.05) is 57.4 Å². The molecule has 1 heterocycles. The highest BCUT2D eigenvalue weighted by Crippen LogP contribution is 2.16. The zero-order valence-corrected chi connectivity index (χ0v) is 11.5. The minimum Gasteiger partial charge on any atom is -0.399 e. The Balaban J connectivity index is 1.66. The molecule has 0 unspecified atom stereocenters. The van der Waals surface area contributed by atoms with E-state index in [0.29, 0.717) is 11.4 Å². The molecule has 0 spiro atoms. The van der Waals surface area contributed by atoms with Gasteiger partial charge in [0, 0.05) is 38.4 Å². The van der Waals surface area contributed by atoms with Crippen LogP contribution >= 0.6 is 0 Å². The second-order valence-corrected chi connectivity index (χ2v) is 5.16. The first-order valence-corrected chi connectivity index (χ1v) is 6.85. The van der Waals surface area contributed by atoms with E-state index in [0.717, 1.165) is 45.7 Å². The maximum Gasteiger partial charge on any atom is 0.148 e. The molecule has 1 saturated heterocycles. The average Bonchev–Trinajstić information content (AvgIpc) is 2.39. The molecule has 1 aliphatic rings. The third kappa shape index (κ3) is 4.36. The Morgan fingerprint density at radius 3 is 2.68 bits per heavy atom. The molecule has 0 saturated carbocycles. The van der Waals surface area contributed by atoms with Crippen molar-refractivity contribution in [1.82, 2.24) is 9.80 Å². The van der Waals surface area contributed by atoms with Crippen LogP contribution in [0.1, 0.15) is 6.42 Å². The van der Waals surface area contributed by atoms with Gasteiger partial charge in [0.05, 0.1) is 5.69 Å². The number of rotatable bonds is 5. The molecule has 1 aromatic carbocycles. The molecule has 0 radical (unpaired) electrons. The number of nitrogen functional groups attached to an aromatic ring is 1. The predicted molar refractivity (Wildman–Crippen MR) is 77.9 cm³/mol. The lowest BCUT2D eigenvalue weighted by Crippen LogP contribution is -2.44. The first kappa shape index (κ1) is 14.1. The number of halogens is 1. The van der Waals surface area contributed by atoms with E-state index in [1.165, 1.54) is 6.07 Å². The molecule has 0 aliphatic carbocycles. The normalized spacial score (nSPS) is 17.6. The van der Waals surface area contributed by atoms with Gasteiger partial charge in [0.2, 0.25) is 0 Å². The summed E-state index contributed by atoms with van der Waals surface area (Å²) in [6.45, 7) is 6.39. The third-order valence-electron chi connectivity index (χ3n) is 3.56. The van der Waals surface area contributed by atoms with E-state index < -0.39 is 0 Å². The van der Waals surface area contributed by atoms with E-state index in [1.54, 1.807) is 12.1 Å². The smallest absolute Gasteiger partial charge is 0.148 e. The molecule has 2 rings (SSSR count). The van der Waals surface area contributed by atoms with E-state index in [-0.39, 0.29) is 5.82 Å². The second-order valence-electron chi connectivity index (χ2n) is 5.16. The lowest BCUT2D eigenvalue weighted by atomic mass is 10.2. The number of hydrogen-bond acceptors (Lipinski definition) is 4. The molecule has 0 bridgehead atoms. The number of nitrogens with one attached hydrogen (secondary N) is 1. The van der Waals surface area contributed by atoms with Gasteiger partial charge in [-0.2, -0.15) is 0 Å². The van der Waals surface area contributed by atoms with Crippen LogP contribution in [0.3, 0.4) is 0 Å². The number of hydrogen-bond donors (Lipinski definition) is 2. The van der Waals surface area contributed by atoms with Gasteiger partial charge in [0.15, 0.2) is 0 Å². The van der Waals surface area contributed by atoms with Crippen LogP contribution in [-0.4, -0.2) is 56.1 Å². The monoisotopic (exact) mass is 266 g/mol. The molecule has 0 amide bonds. The largest absolute Gasteiger partial charge is 0.399 e. The van der Waals surface area contributed by atoms with Gasteiger partial charge in [-0.3, -0.25) is 0 Å². The number of piperazine rings is 1. The van der Waals surface area contributed by atoms with Gasteiger partial charge in [0.1, 0.15) is 5.82 Å². The number of likely N-dealkylation sites (N-methyl/N-ethyl adjacent to an activating group) is 1. The molecule has 1 fully saturated rings. The summed E-state index contributed by atoms with van der Waals surface area (Å²) in [6.07, 6.45) is 1.02. The average molecular weight is 266 g/mol. The van der Waals surface area contributed by atoms with Crippen LogP contribution < -0.4 is 11.1 Å². The molecule has 3 N–H and O–H groups in total. The fourth-order valence-electron chi connectivity index (χ4n) is 2.27. The summed E-state index contributed by atoms with van der Waals surface area (Å²) < 4.78 is 13.5. The van der Waals surface area contributed by atoms with Gasteiger partial charge in [0.25, 0.3) is 0 Å². The predicted octanol–water partition coefficient (Wildman–Crippen LogP) is 1.46. The molecule has 0 aromatic heterocycles. The summed E-state index contributed by atoms with van der Waals surface area (Å²) in [4.78, 5) is 4.81. The lowest BCUT2D eigenvalue weighted by Gasteiger charge is -2.32. The summed E-state index contributed by atoms with van der Waals surface area (Å²) >= 11 is 0. The summed E-state index contributed by atoms with van der Waals surface area (Å²) in [5.41, 5.74) is 6.51. The standard InChI is InChI=1S/C14H23FN4/c1-18-7-9-19(10-8-18)6-2-5-17-14-4-3-12(16)11-13(14)15/h3-4,11,17H,2,5-10,16H2,1H3. The van der Waals surface area contributed by atoms with Crippen LogP contribution in [0.4, 0.5) is 15.8 Å². The molecule has 1 aromatic rings. The fraction of sp³-hybridized carbons (Fsp3) is 0.571. The SMILES string of the molecule is CN1CCN(CCCNc2ccc(N)cc2F)CC1. The number of benzene rings is 1. The molecule has 0 atom stereocenters. The van der Waals surface area contributed by atoms with Crippen molar-refractivity contribution < 1.29 is 4.39 Å². The topological polar surface area (TPSA) is 44.5 Å². The fourth-order valence-corrected chi connectivity index (χ4v) is 2.27. The maximum absolute atomic E-state index is 13.5. The highest BCUT2D eigenvalue weighted by molar-refractivity contribution is 5.52. The lowest BCUT2D eigenvalue weighted by molar-refractivity contribution is 0.154. The van der Waals surface area contributed by atoms with E-state index >= 15 is 0 Å². The Bertz CT molecular complexity index is 402. The zero-order chi connectivity index (χ0) is 13.7. The highest BCUT2D eigenvalue weighted by Gasteiger charge is 2.12. The number of anilines is 2. The molecule has 19 heavy (non-hydrogen) atoms. The first-order chi connectivity index (χ1) is 9.15. The molecule has 106 valence electrons. The second kappa shape index (κ2) is 6.73. The number of nitrogens with two attached hydrogens (primary N) is 1. The van der Waals surface area contributed by atoms with Crippen molar-refractivity contribution >= 4 is 11.4 Å². The van der Waals surface area contributed by atoms with Gasteiger partial charge in [-0.1, -0.05) is 0 Å². The van der Waals surface area contributed by atoms with E-state index in [2.05, 4.69) is 22.2 Å². The Hall–Kier alpha value is -1.33. The maximum atomic E-state index is 13.5. The van der Waals surface area contributed by atoms with Crippen LogP contribution in [0.5, 0.6) is 0 Å². The van der Waals surface area contributed by atoms with Gasteiger partial charge < -0.3 is 20.9 Å². The van der Waals surface area contributed by atoms with Gasteiger partial charge in [-0.15, -0.1) is 0 Å². The van der Waals surface area contributed by atoms with Gasteiger partial charge in [-0.25, -0.2) is 4.39 Å². The molecular weight excluding hydrogens is 243 g/mol. The minimum absolute atomic E-state index is 0.278. The molecule has 4 nitrogen and oxygen atoms in total.